The standard InChI is InChI=1S/C55H106O6/c1-6-8-9-10-11-12-13-14-15-16-17-18-25-30-35-40-45-53(56)59-48-52(49-60-54(57)46-41-36-31-26-21-19-23-28-33-38-43-50(3)4)61-55(58)47-42-37-32-27-22-20-24-29-34-39-44-51(5)7-2/h50-52H,6-49H2,1-5H3/t51?,52-/m0/s1. The fraction of sp³-hybridized carbons (Fsp3) is 0.945. The first-order valence-electron chi connectivity index (χ1n) is 27.3. The topological polar surface area (TPSA) is 78.9 Å². The van der Waals surface area contributed by atoms with Crippen molar-refractivity contribution in [3.05, 3.63) is 0 Å². The second-order valence-corrected chi connectivity index (χ2v) is 19.6. The molecule has 0 aromatic carbocycles. The molecule has 6 heteroatoms. The smallest absolute Gasteiger partial charge is 0.306 e. The van der Waals surface area contributed by atoms with Crippen molar-refractivity contribution in [2.75, 3.05) is 13.2 Å². The molecule has 362 valence electrons. The minimum Gasteiger partial charge on any atom is -0.462 e. The maximum Gasteiger partial charge on any atom is 0.306 e. The molecule has 1 unspecified atom stereocenters. The van der Waals surface area contributed by atoms with Crippen LogP contribution in [-0.4, -0.2) is 37.2 Å². The summed E-state index contributed by atoms with van der Waals surface area (Å²) < 4.78 is 16.8. The van der Waals surface area contributed by atoms with Crippen LogP contribution < -0.4 is 0 Å². The number of ether oxygens (including phenoxy) is 3. The van der Waals surface area contributed by atoms with Gasteiger partial charge in [0.2, 0.25) is 0 Å². The number of carbonyl (C=O) groups is 3. The highest BCUT2D eigenvalue weighted by Gasteiger charge is 2.19. The van der Waals surface area contributed by atoms with Crippen molar-refractivity contribution < 1.29 is 28.6 Å². The molecule has 0 rings (SSSR count). The van der Waals surface area contributed by atoms with E-state index in [4.69, 9.17) is 14.2 Å². The van der Waals surface area contributed by atoms with Gasteiger partial charge in [-0.15, -0.1) is 0 Å². The summed E-state index contributed by atoms with van der Waals surface area (Å²) in [7, 11) is 0. The Bertz CT molecular complexity index is 933. The van der Waals surface area contributed by atoms with Crippen LogP contribution in [0.3, 0.4) is 0 Å². The minimum atomic E-state index is -0.762. The van der Waals surface area contributed by atoms with Gasteiger partial charge >= 0.3 is 17.9 Å². The second-order valence-electron chi connectivity index (χ2n) is 19.6. The van der Waals surface area contributed by atoms with E-state index in [0.29, 0.717) is 19.3 Å². The quantitative estimate of drug-likeness (QED) is 0.0344. The van der Waals surface area contributed by atoms with Gasteiger partial charge in [0.25, 0.3) is 0 Å². The lowest BCUT2D eigenvalue weighted by Gasteiger charge is -2.18. The molecule has 0 radical (unpaired) electrons. The molecule has 0 amide bonds. The molecule has 0 aliphatic carbocycles. The van der Waals surface area contributed by atoms with E-state index in [-0.39, 0.29) is 31.1 Å². The first kappa shape index (κ1) is 59.4. The lowest BCUT2D eigenvalue weighted by Crippen LogP contribution is -2.30. The molecule has 0 fully saturated rings. The van der Waals surface area contributed by atoms with E-state index in [1.54, 1.807) is 0 Å². The summed E-state index contributed by atoms with van der Waals surface area (Å²) in [5.41, 5.74) is 0. The predicted molar refractivity (Wildman–Crippen MR) is 261 cm³/mol. The molecule has 0 spiro atoms. The van der Waals surface area contributed by atoms with E-state index >= 15 is 0 Å². The molecule has 0 bridgehead atoms. The molecule has 0 heterocycles. The van der Waals surface area contributed by atoms with Crippen molar-refractivity contribution >= 4 is 17.9 Å². The Kier molecular flexibility index (Phi) is 46.6. The monoisotopic (exact) mass is 863 g/mol. The van der Waals surface area contributed by atoms with Crippen LogP contribution in [0.1, 0.15) is 304 Å². The van der Waals surface area contributed by atoms with Gasteiger partial charge in [-0.05, 0) is 31.1 Å². The van der Waals surface area contributed by atoms with Gasteiger partial charge in [-0.25, -0.2) is 0 Å². The highest BCUT2D eigenvalue weighted by atomic mass is 16.6. The molecule has 6 nitrogen and oxygen atoms in total. The van der Waals surface area contributed by atoms with E-state index in [2.05, 4.69) is 34.6 Å². The van der Waals surface area contributed by atoms with Crippen LogP contribution in [0, 0.1) is 11.8 Å². The van der Waals surface area contributed by atoms with Crippen molar-refractivity contribution in [1.29, 1.82) is 0 Å². The van der Waals surface area contributed by atoms with Crippen LogP contribution in [-0.2, 0) is 28.6 Å². The SMILES string of the molecule is CCCCCCCCCCCCCCCCCCC(=O)OC[C@@H](COC(=O)CCCCCCCCCCCCC(C)C)OC(=O)CCCCCCCCCCCCC(C)CC. The average Bonchev–Trinajstić information content (AvgIpc) is 3.24. The van der Waals surface area contributed by atoms with Crippen molar-refractivity contribution in [2.45, 2.75) is 310 Å². The molecule has 0 saturated heterocycles. The minimum absolute atomic E-state index is 0.0634. The molecular formula is C55H106O6. The summed E-state index contributed by atoms with van der Waals surface area (Å²) in [6.07, 6.45) is 49.4. The average molecular weight is 863 g/mol. The van der Waals surface area contributed by atoms with E-state index in [1.807, 2.05) is 0 Å². The van der Waals surface area contributed by atoms with Gasteiger partial charge in [-0.1, -0.05) is 266 Å². The summed E-state index contributed by atoms with van der Waals surface area (Å²) in [6.45, 7) is 11.4. The highest BCUT2D eigenvalue weighted by molar-refractivity contribution is 5.71. The Hall–Kier alpha value is -1.59. The van der Waals surface area contributed by atoms with Crippen molar-refractivity contribution in [3.63, 3.8) is 0 Å². The first-order chi connectivity index (χ1) is 29.8. The third-order valence-corrected chi connectivity index (χ3v) is 12.8. The van der Waals surface area contributed by atoms with Gasteiger partial charge in [0.1, 0.15) is 13.2 Å². The fourth-order valence-corrected chi connectivity index (χ4v) is 8.31. The maximum atomic E-state index is 12.8. The zero-order valence-corrected chi connectivity index (χ0v) is 41.8. The van der Waals surface area contributed by atoms with Gasteiger partial charge in [-0.2, -0.15) is 0 Å². The number of unbranched alkanes of at least 4 members (excludes halogenated alkanes) is 33. The second kappa shape index (κ2) is 47.9. The largest absolute Gasteiger partial charge is 0.462 e. The van der Waals surface area contributed by atoms with Crippen LogP contribution in [0.15, 0.2) is 0 Å². The van der Waals surface area contributed by atoms with Crippen LogP contribution in [0.5, 0.6) is 0 Å². The molecule has 0 aromatic rings. The Morgan fingerprint density at radius 2 is 0.623 bits per heavy atom. The Morgan fingerprint density at radius 3 is 0.934 bits per heavy atom. The third kappa shape index (κ3) is 47.7. The van der Waals surface area contributed by atoms with Crippen molar-refractivity contribution in [2.24, 2.45) is 11.8 Å². The van der Waals surface area contributed by atoms with Crippen LogP contribution in [0.4, 0.5) is 0 Å². The Labute approximate surface area is 380 Å². The normalized spacial score (nSPS) is 12.5. The van der Waals surface area contributed by atoms with Crippen LogP contribution >= 0.6 is 0 Å². The third-order valence-electron chi connectivity index (χ3n) is 12.8. The summed E-state index contributed by atoms with van der Waals surface area (Å²) >= 11 is 0. The van der Waals surface area contributed by atoms with Crippen LogP contribution in [0.2, 0.25) is 0 Å². The van der Waals surface area contributed by atoms with Gasteiger partial charge in [0.05, 0.1) is 0 Å². The highest BCUT2D eigenvalue weighted by Crippen LogP contribution is 2.18. The number of hydrogen-bond acceptors (Lipinski definition) is 6. The van der Waals surface area contributed by atoms with E-state index in [0.717, 1.165) is 69.6 Å². The van der Waals surface area contributed by atoms with E-state index in [1.165, 1.54) is 193 Å². The molecule has 0 saturated carbocycles. The van der Waals surface area contributed by atoms with Crippen molar-refractivity contribution in [3.8, 4) is 0 Å². The predicted octanol–water partition coefficient (Wildman–Crippen LogP) is 17.7. The Morgan fingerprint density at radius 1 is 0.344 bits per heavy atom. The summed E-state index contributed by atoms with van der Waals surface area (Å²) in [5, 5.41) is 0. The first-order valence-corrected chi connectivity index (χ1v) is 27.3. The number of rotatable bonds is 49. The molecule has 2 atom stereocenters. The summed E-state index contributed by atoms with van der Waals surface area (Å²) in [5.74, 6) is 0.841. The number of esters is 3. The molecular weight excluding hydrogens is 757 g/mol. The summed E-state index contributed by atoms with van der Waals surface area (Å²) in [6, 6.07) is 0. The van der Waals surface area contributed by atoms with E-state index in [9.17, 15) is 14.4 Å². The van der Waals surface area contributed by atoms with E-state index < -0.39 is 6.10 Å². The van der Waals surface area contributed by atoms with Crippen molar-refractivity contribution in [1.82, 2.24) is 0 Å². The molecule has 0 aliphatic rings. The maximum absolute atomic E-state index is 12.8. The zero-order valence-electron chi connectivity index (χ0n) is 41.8. The lowest BCUT2D eigenvalue weighted by atomic mass is 9.99. The van der Waals surface area contributed by atoms with Gasteiger partial charge in [0, 0.05) is 19.3 Å². The number of hydrogen-bond donors (Lipinski definition) is 0. The zero-order chi connectivity index (χ0) is 44.7. The molecule has 0 aliphatic heterocycles. The molecule has 61 heavy (non-hydrogen) atoms. The lowest BCUT2D eigenvalue weighted by molar-refractivity contribution is -0.167. The summed E-state index contributed by atoms with van der Waals surface area (Å²) in [4.78, 5) is 38.0. The Balaban J connectivity index is 4.31. The molecule has 0 N–H and O–H groups in total. The van der Waals surface area contributed by atoms with Crippen LogP contribution in [0.25, 0.3) is 0 Å². The van der Waals surface area contributed by atoms with Gasteiger partial charge in [0.15, 0.2) is 6.10 Å². The molecule has 0 aromatic heterocycles. The number of carbonyl (C=O) groups excluding carboxylic acids is 3. The van der Waals surface area contributed by atoms with Gasteiger partial charge < -0.3 is 14.2 Å². The van der Waals surface area contributed by atoms with Gasteiger partial charge in [-0.3, -0.25) is 14.4 Å². The fourth-order valence-electron chi connectivity index (χ4n) is 8.31.